The van der Waals surface area contributed by atoms with E-state index in [9.17, 15) is 9.90 Å². The van der Waals surface area contributed by atoms with Crippen LogP contribution in [0.3, 0.4) is 0 Å². The smallest absolute Gasteiger partial charge is 0.331 e. The second-order valence-electron chi connectivity index (χ2n) is 3.12. The zero-order valence-electron chi connectivity index (χ0n) is 7.97. The molecular formula is C8H14N2O3S. The molecule has 0 amide bonds. The van der Waals surface area contributed by atoms with Gasteiger partial charge in [0.05, 0.1) is 18.2 Å². The van der Waals surface area contributed by atoms with E-state index in [0.717, 1.165) is 0 Å². The van der Waals surface area contributed by atoms with Crippen LogP contribution >= 0.6 is 12.2 Å². The molecule has 1 heterocycles. The van der Waals surface area contributed by atoms with Crippen LogP contribution in [0.5, 0.6) is 0 Å². The highest BCUT2D eigenvalue weighted by atomic mass is 32.1. The molecule has 0 aromatic heterocycles. The Morgan fingerprint density at radius 2 is 2.43 bits per heavy atom. The van der Waals surface area contributed by atoms with E-state index >= 15 is 0 Å². The molecule has 1 aliphatic heterocycles. The minimum absolute atomic E-state index is 0.204. The number of aliphatic hydroxyl groups is 1. The predicted molar refractivity (Wildman–Crippen MR) is 54.8 cm³/mol. The minimum atomic E-state index is -0.716. The summed E-state index contributed by atoms with van der Waals surface area (Å²) < 4.78 is 4.59. The number of likely N-dealkylation sites (tertiary alicyclic amines) is 1. The van der Waals surface area contributed by atoms with Gasteiger partial charge in [-0.15, -0.1) is 0 Å². The number of carbonyl (C=O) groups excluding carboxylic acids is 1. The Balaban J connectivity index is 2.76. The summed E-state index contributed by atoms with van der Waals surface area (Å²) in [6.07, 6.45) is -0.202. The van der Waals surface area contributed by atoms with E-state index in [4.69, 9.17) is 18.0 Å². The summed E-state index contributed by atoms with van der Waals surface area (Å²) in [5.41, 5.74) is 5.38. The maximum atomic E-state index is 11.3. The highest BCUT2D eigenvalue weighted by Crippen LogP contribution is 2.19. The van der Waals surface area contributed by atoms with Crippen molar-refractivity contribution in [3.05, 3.63) is 0 Å². The van der Waals surface area contributed by atoms with E-state index in [1.54, 1.807) is 4.90 Å². The molecule has 5 nitrogen and oxygen atoms in total. The van der Waals surface area contributed by atoms with Crippen LogP contribution in [0.25, 0.3) is 0 Å². The fourth-order valence-electron chi connectivity index (χ4n) is 1.58. The summed E-state index contributed by atoms with van der Waals surface area (Å²) in [5, 5.41) is 9.56. The molecule has 0 aromatic rings. The Morgan fingerprint density at radius 1 is 1.79 bits per heavy atom. The normalized spacial score (nSPS) is 26.4. The van der Waals surface area contributed by atoms with Gasteiger partial charge in [0.15, 0.2) is 6.04 Å². The average molecular weight is 218 g/mol. The number of aliphatic hydroxyl groups excluding tert-OH is 1. The summed E-state index contributed by atoms with van der Waals surface area (Å²) in [5.74, 6) is -0.467. The zero-order valence-corrected chi connectivity index (χ0v) is 8.79. The van der Waals surface area contributed by atoms with Crippen molar-refractivity contribution in [2.24, 2.45) is 5.73 Å². The number of esters is 1. The van der Waals surface area contributed by atoms with E-state index in [0.29, 0.717) is 18.0 Å². The number of rotatable bonds is 2. The Hall–Kier alpha value is -0.720. The third kappa shape index (κ3) is 2.02. The monoisotopic (exact) mass is 218 g/mol. The van der Waals surface area contributed by atoms with Crippen LogP contribution in [0.1, 0.15) is 6.42 Å². The van der Waals surface area contributed by atoms with Crippen molar-refractivity contribution in [1.29, 1.82) is 0 Å². The first-order chi connectivity index (χ1) is 6.61. The van der Waals surface area contributed by atoms with Crippen LogP contribution in [-0.4, -0.2) is 53.3 Å². The van der Waals surface area contributed by atoms with Gasteiger partial charge in [0.25, 0.3) is 0 Å². The Labute approximate surface area is 87.8 Å². The third-order valence-corrected chi connectivity index (χ3v) is 2.70. The van der Waals surface area contributed by atoms with Gasteiger partial charge in [-0.1, -0.05) is 12.2 Å². The van der Waals surface area contributed by atoms with Crippen molar-refractivity contribution >= 4 is 23.2 Å². The van der Waals surface area contributed by atoms with E-state index in [-0.39, 0.29) is 6.54 Å². The molecule has 0 aliphatic carbocycles. The first-order valence-electron chi connectivity index (χ1n) is 4.37. The van der Waals surface area contributed by atoms with Crippen molar-refractivity contribution < 1.29 is 14.6 Å². The first kappa shape index (κ1) is 11.4. The van der Waals surface area contributed by atoms with Crippen LogP contribution in [0.15, 0.2) is 0 Å². The van der Waals surface area contributed by atoms with Gasteiger partial charge in [-0.2, -0.15) is 0 Å². The highest BCUT2D eigenvalue weighted by Gasteiger charge is 2.39. The Bertz CT molecular complexity index is 247. The number of methoxy groups -OCH3 is 1. The van der Waals surface area contributed by atoms with Gasteiger partial charge in [-0.05, 0) is 6.42 Å². The molecule has 1 fully saturated rings. The molecule has 0 aromatic carbocycles. The van der Waals surface area contributed by atoms with Crippen molar-refractivity contribution in [1.82, 2.24) is 4.90 Å². The van der Waals surface area contributed by atoms with Gasteiger partial charge in [-0.25, -0.2) is 4.79 Å². The number of hydrogen-bond acceptors (Lipinski definition) is 5. The first-order valence-corrected chi connectivity index (χ1v) is 4.78. The standard InChI is InChI=1S/C8H14N2O3S/c1-13-8(12)7-5(11)2-3-10(7)6(14)4-9/h5,7,11H,2-4,9H2,1H3. The summed E-state index contributed by atoms with van der Waals surface area (Å²) in [4.78, 5) is 13.4. The van der Waals surface area contributed by atoms with E-state index in [1.807, 2.05) is 0 Å². The SMILES string of the molecule is COC(=O)C1C(O)CCN1C(=S)CN. The maximum Gasteiger partial charge on any atom is 0.331 e. The number of ether oxygens (including phenoxy) is 1. The Kier molecular flexibility index (Phi) is 3.79. The number of nitrogens with zero attached hydrogens (tertiary/aromatic N) is 1. The molecule has 0 bridgehead atoms. The van der Waals surface area contributed by atoms with Crippen LogP contribution < -0.4 is 5.73 Å². The molecule has 1 saturated heterocycles. The van der Waals surface area contributed by atoms with Gasteiger partial charge in [-0.3, -0.25) is 0 Å². The number of nitrogens with two attached hydrogens (primary N) is 1. The van der Waals surface area contributed by atoms with Crippen molar-refractivity contribution in [2.45, 2.75) is 18.6 Å². The number of thiocarbonyl (C=S) groups is 1. The molecular weight excluding hydrogens is 204 g/mol. The minimum Gasteiger partial charge on any atom is -0.467 e. The molecule has 3 N–H and O–H groups in total. The third-order valence-electron chi connectivity index (χ3n) is 2.30. The predicted octanol–water partition coefficient (Wildman–Crippen LogP) is -1.12. The van der Waals surface area contributed by atoms with Crippen LogP contribution in [0.4, 0.5) is 0 Å². The quantitative estimate of drug-likeness (QED) is 0.452. The molecule has 6 heteroatoms. The fraction of sp³-hybridized carbons (Fsp3) is 0.750. The maximum absolute atomic E-state index is 11.3. The van der Waals surface area contributed by atoms with Gasteiger partial charge in [0.2, 0.25) is 0 Å². The lowest BCUT2D eigenvalue weighted by atomic mass is 10.2. The molecule has 0 radical (unpaired) electrons. The number of hydrogen-bond donors (Lipinski definition) is 2. The lowest BCUT2D eigenvalue weighted by Crippen LogP contribution is -2.46. The van der Waals surface area contributed by atoms with Crippen molar-refractivity contribution in [2.75, 3.05) is 20.2 Å². The van der Waals surface area contributed by atoms with Gasteiger partial charge >= 0.3 is 5.97 Å². The fourth-order valence-corrected chi connectivity index (χ4v) is 1.78. The summed E-state index contributed by atoms with van der Waals surface area (Å²) >= 11 is 4.99. The van der Waals surface area contributed by atoms with Crippen molar-refractivity contribution in [3.63, 3.8) is 0 Å². The summed E-state index contributed by atoms with van der Waals surface area (Å²) in [6.45, 7) is 0.756. The molecule has 80 valence electrons. The van der Waals surface area contributed by atoms with E-state index < -0.39 is 18.1 Å². The molecule has 14 heavy (non-hydrogen) atoms. The number of carbonyl (C=O) groups is 1. The van der Waals surface area contributed by atoms with Crippen molar-refractivity contribution in [3.8, 4) is 0 Å². The lowest BCUT2D eigenvalue weighted by molar-refractivity contribution is -0.147. The molecule has 2 unspecified atom stereocenters. The zero-order chi connectivity index (χ0) is 10.7. The molecule has 0 saturated carbocycles. The second kappa shape index (κ2) is 4.68. The van der Waals surface area contributed by atoms with Crippen LogP contribution in [0.2, 0.25) is 0 Å². The topological polar surface area (TPSA) is 75.8 Å². The molecule has 2 atom stereocenters. The van der Waals surface area contributed by atoms with Gasteiger partial charge in [0.1, 0.15) is 0 Å². The second-order valence-corrected chi connectivity index (χ2v) is 3.59. The molecule has 1 aliphatic rings. The summed E-state index contributed by atoms with van der Waals surface area (Å²) in [7, 11) is 1.29. The lowest BCUT2D eigenvalue weighted by Gasteiger charge is -2.25. The average Bonchev–Trinajstić information content (AvgIpc) is 2.58. The van der Waals surface area contributed by atoms with E-state index in [1.165, 1.54) is 7.11 Å². The molecule has 1 rings (SSSR count). The van der Waals surface area contributed by atoms with Gasteiger partial charge in [0, 0.05) is 13.1 Å². The highest BCUT2D eigenvalue weighted by molar-refractivity contribution is 7.80. The van der Waals surface area contributed by atoms with Crippen LogP contribution in [-0.2, 0) is 9.53 Å². The largest absolute Gasteiger partial charge is 0.467 e. The van der Waals surface area contributed by atoms with Gasteiger partial charge < -0.3 is 20.5 Å². The summed E-state index contributed by atoms with van der Waals surface area (Å²) in [6, 6.07) is -0.684. The van der Waals surface area contributed by atoms with E-state index in [2.05, 4.69) is 4.74 Å². The Morgan fingerprint density at radius 3 is 2.93 bits per heavy atom. The molecule has 0 spiro atoms. The van der Waals surface area contributed by atoms with Crippen LogP contribution in [0, 0.1) is 0 Å².